The maximum atomic E-state index is 11.0. The second-order valence-corrected chi connectivity index (χ2v) is 4.60. The van der Waals surface area contributed by atoms with E-state index in [2.05, 4.69) is 6.92 Å². The maximum Gasteiger partial charge on any atom is 0.307 e. The first kappa shape index (κ1) is 14.0. The van der Waals surface area contributed by atoms with Gasteiger partial charge in [-0.05, 0) is 36.5 Å². The van der Waals surface area contributed by atoms with E-state index >= 15 is 0 Å². The normalized spacial score (nSPS) is 14.3. The number of hydrogen-bond donors (Lipinski definition) is 2. The first-order valence-corrected chi connectivity index (χ1v) is 6.14. The summed E-state index contributed by atoms with van der Waals surface area (Å²) in [6.45, 7) is 2.23. The summed E-state index contributed by atoms with van der Waals surface area (Å²) in [5.41, 5.74) is 6.60. The number of nitrogens with two attached hydrogens (primary N) is 1. The summed E-state index contributed by atoms with van der Waals surface area (Å²) < 4.78 is 0. The lowest BCUT2D eigenvalue weighted by atomic mass is 9.87. The van der Waals surface area contributed by atoms with Gasteiger partial charge in [-0.3, -0.25) is 4.79 Å². The van der Waals surface area contributed by atoms with E-state index in [0.717, 1.165) is 12.0 Å². The van der Waals surface area contributed by atoms with Crippen molar-refractivity contribution in [2.45, 2.75) is 25.7 Å². The molecule has 0 bridgehead atoms. The van der Waals surface area contributed by atoms with E-state index in [1.807, 2.05) is 24.3 Å². The fourth-order valence-corrected chi connectivity index (χ4v) is 2.04. The van der Waals surface area contributed by atoms with Gasteiger partial charge in [0.2, 0.25) is 0 Å². The monoisotopic (exact) mass is 255 g/mol. The summed E-state index contributed by atoms with van der Waals surface area (Å²) in [5, 5.41) is 9.70. The zero-order valence-electron chi connectivity index (χ0n) is 9.90. The Balaban J connectivity index is 2.77. The van der Waals surface area contributed by atoms with E-state index in [9.17, 15) is 4.79 Å². The summed E-state index contributed by atoms with van der Waals surface area (Å²) in [4.78, 5) is 11.0. The first-order chi connectivity index (χ1) is 8.08. The second-order valence-electron chi connectivity index (χ2n) is 4.16. The van der Waals surface area contributed by atoms with Crippen LogP contribution in [0, 0.1) is 5.92 Å². The van der Waals surface area contributed by atoms with E-state index in [4.69, 9.17) is 22.4 Å². The van der Waals surface area contributed by atoms with Crippen molar-refractivity contribution in [1.29, 1.82) is 0 Å². The maximum absolute atomic E-state index is 11.0. The lowest BCUT2D eigenvalue weighted by Crippen LogP contribution is -2.25. The molecule has 1 aromatic rings. The van der Waals surface area contributed by atoms with Gasteiger partial charge in [0.05, 0.1) is 5.92 Å². The zero-order valence-corrected chi connectivity index (χ0v) is 10.7. The third-order valence-corrected chi connectivity index (χ3v) is 3.29. The molecule has 1 rings (SSSR count). The minimum Gasteiger partial charge on any atom is -0.481 e. The van der Waals surface area contributed by atoms with Gasteiger partial charge in [-0.2, -0.15) is 0 Å². The van der Waals surface area contributed by atoms with Gasteiger partial charge in [0, 0.05) is 11.6 Å². The summed E-state index contributed by atoms with van der Waals surface area (Å²) in [6, 6.07) is 7.56. The van der Waals surface area contributed by atoms with E-state index in [1.54, 1.807) is 0 Å². The van der Waals surface area contributed by atoms with Crippen LogP contribution >= 0.6 is 11.6 Å². The van der Waals surface area contributed by atoms with Crippen molar-refractivity contribution in [3.05, 3.63) is 34.9 Å². The Morgan fingerprint density at radius 2 is 2.00 bits per heavy atom. The van der Waals surface area contributed by atoms with Gasteiger partial charge in [-0.15, -0.1) is 0 Å². The van der Waals surface area contributed by atoms with E-state index in [-0.39, 0.29) is 12.5 Å². The summed E-state index contributed by atoms with van der Waals surface area (Å²) in [6.07, 6.45) is 1.47. The largest absolute Gasteiger partial charge is 0.481 e. The summed E-state index contributed by atoms with van der Waals surface area (Å²) in [5.74, 6) is -1.08. The number of aliphatic carboxylic acids is 1. The quantitative estimate of drug-likeness (QED) is 0.822. The van der Waals surface area contributed by atoms with Gasteiger partial charge >= 0.3 is 5.97 Å². The van der Waals surface area contributed by atoms with Gasteiger partial charge < -0.3 is 10.8 Å². The topological polar surface area (TPSA) is 63.3 Å². The molecule has 3 N–H and O–H groups in total. The summed E-state index contributed by atoms with van der Waals surface area (Å²) >= 11 is 5.83. The average Bonchev–Trinajstić information content (AvgIpc) is 2.32. The number of hydrogen-bond acceptors (Lipinski definition) is 2. The summed E-state index contributed by atoms with van der Waals surface area (Å²) in [7, 11) is 0. The zero-order chi connectivity index (χ0) is 12.8. The highest BCUT2D eigenvalue weighted by atomic mass is 35.5. The molecule has 0 aliphatic heterocycles. The Bertz CT molecular complexity index is 364. The molecule has 4 heteroatoms. The number of benzene rings is 1. The molecule has 0 saturated heterocycles. The molecule has 2 atom stereocenters. The van der Waals surface area contributed by atoms with Crippen LogP contribution in [0.15, 0.2) is 24.3 Å². The smallest absolute Gasteiger partial charge is 0.307 e. The molecule has 17 heavy (non-hydrogen) atoms. The fourth-order valence-electron chi connectivity index (χ4n) is 1.91. The molecule has 0 aliphatic rings. The van der Waals surface area contributed by atoms with Crippen LogP contribution in [0.4, 0.5) is 0 Å². The molecule has 0 spiro atoms. The third-order valence-electron chi connectivity index (χ3n) is 3.04. The molecule has 3 nitrogen and oxygen atoms in total. The molecule has 0 fully saturated rings. The first-order valence-electron chi connectivity index (χ1n) is 5.76. The van der Waals surface area contributed by atoms with Crippen LogP contribution in [-0.2, 0) is 4.79 Å². The number of rotatable bonds is 6. The van der Waals surface area contributed by atoms with Gasteiger partial charge in [0.1, 0.15) is 0 Å². The standard InChI is InChI=1S/C13H18ClNO2/c1-2-9(7-11(8-15)13(16)17)10-3-5-12(14)6-4-10/h3-6,9,11H,2,7-8,15H2,1H3,(H,16,17). The molecule has 1 aromatic carbocycles. The molecular formula is C13H18ClNO2. The van der Waals surface area contributed by atoms with Crippen molar-refractivity contribution in [3.63, 3.8) is 0 Å². The predicted molar refractivity (Wildman–Crippen MR) is 69.3 cm³/mol. The number of carboxylic acid groups (broad SMARTS) is 1. The number of carboxylic acids is 1. The Hall–Kier alpha value is -1.06. The Kier molecular flexibility index (Phi) is 5.45. The molecule has 0 amide bonds. The van der Waals surface area contributed by atoms with Crippen molar-refractivity contribution in [2.75, 3.05) is 6.54 Å². The fraction of sp³-hybridized carbons (Fsp3) is 0.462. The van der Waals surface area contributed by atoms with Crippen LogP contribution in [0.3, 0.4) is 0 Å². The second kappa shape index (κ2) is 6.62. The van der Waals surface area contributed by atoms with Crippen LogP contribution in [0.2, 0.25) is 5.02 Å². The molecule has 0 heterocycles. The third kappa shape index (κ3) is 4.02. The highest BCUT2D eigenvalue weighted by molar-refractivity contribution is 6.30. The van der Waals surface area contributed by atoms with Crippen molar-refractivity contribution >= 4 is 17.6 Å². The van der Waals surface area contributed by atoms with Gasteiger partial charge in [0.15, 0.2) is 0 Å². The van der Waals surface area contributed by atoms with Crippen LogP contribution in [-0.4, -0.2) is 17.6 Å². The average molecular weight is 256 g/mol. The minimum absolute atomic E-state index is 0.180. The molecule has 0 aromatic heterocycles. The van der Waals surface area contributed by atoms with Crippen molar-refractivity contribution in [2.24, 2.45) is 11.7 Å². The van der Waals surface area contributed by atoms with Crippen LogP contribution in [0.25, 0.3) is 0 Å². The minimum atomic E-state index is -0.820. The van der Waals surface area contributed by atoms with Crippen molar-refractivity contribution < 1.29 is 9.90 Å². The lowest BCUT2D eigenvalue weighted by Gasteiger charge is -2.19. The van der Waals surface area contributed by atoms with Crippen LogP contribution < -0.4 is 5.73 Å². The van der Waals surface area contributed by atoms with Gasteiger partial charge in [0.25, 0.3) is 0 Å². The van der Waals surface area contributed by atoms with Crippen molar-refractivity contribution in [1.82, 2.24) is 0 Å². The molecular weight excluding hydrogens is 238 g/mol. The Morgan fingerprint density at radius 1 is 1.41 bits per heavy atom. The van der Waals surface area contributed by atoms with Crippen LogP contribution in [0.1, 0.15) is 31.2 Å². The lowest BCUT2D eigenvalue weighted by molar-refractivity contribution is -0.141. The molecule has 0 saturated carbocycles. The Labute approximate surface area is 107 Å². The number of halogens is 1. The Morgan fingerprint density at radius 3 is 2.41 bits per heavy atom. The SMILES string of the molecule is CCC(CC(CN)C(=O)O)c1ccc(Cl)cc1. The number of carbonyl (C=O) groups is 1. The highest BCUT2D eigenvalue weighted by Crippen LogP contribution is 2.27. The molecule has 94 valence electrons. The van der Waals surface area contributed by atoms with Gasteiger partial charge in [-0.25, -0.2) is 0 Å². The van der Waals surface area contributed by atoms with E-state index < -0.39 is 11.9 Å². The van der Waals surface area contributed by atoms with Crippen molar-refractivity contribution in [3.8, 4) is 0 Å². The predicted octanol–water partition coefficient (Wildman–Crippen LogP) is 2.88. The van der Waals surface area contributed by atoms with Gasteiger partial charge in [-0.1, -0.05) is 30.7 Å². The van der Waals surface area contributed by atoms with Crippen LogP contribution in [0.5, 0.6) is 0 Å². The highest BCUT2D eigenvalue weighted by Gasteiger charge is 2.21. The molecule has 0 aliphatic carbocycles. The molecule has 2 unspecified atom stereocenters. The van der Waals surface area contributed by atoms with E-state index in [1.165, 1.54) is 0 Å². The van der Waals surface area contributed by atoms with E-state index in [0.29, 0.717) is 11.4 Å². The molecule has 0 radical (unpaired) electrons.